The van der Waals surface area contributed by atoms with Crippen LogP contribution in [0, 0.1) is 0 Å². The third kappa shape index (κ3) is 3.46. The van der Waals surface area contributed by atoms with E-state index >= 15 is 0 Å². The van der Waals surface area contributed by atoms with Crippen molar-refractivity contribution in [3.05, 3.63) is 42.7 Å². The molecule has 3 aromatic rings. The number of benzene rings is 1. The van der Waals surface area contributed by atoms with Crippen LogP contribution in [0.1, 0.15) is 6.42 Å². The molecule has 3 N–H and O–H groups in total. The summed E-state index contributed by atoms with van der Waals surface area (Å²) in [4.78, 5) is 10.2. The Kier molecular flexibility index (Phi) is 4.78. The highest BCUT2D eigenvalue weighted by molar-refractivity contribution is 7.21. The molecule has 1 unspecified atom stereocenters. The van der Waals surface area contributed by atoms with Crippen molar-refractivity contribution in [1.82, 2.24) is 9.97 Å². The van der Waals surface area contributed by atoms with E-state index in [2.05, 4.69) is 15.3 Å². The highest BCUT2D eigenvalue weighted by Gasteiger charge is 2.21. The third-order valence-electron chi connectivity index (χ3n) is 3.49. The number of hydrogen-bond donors (Lipinski definition) is 2. The molecule has 4 nitrogen and oxygen atoms in total. The minimum Gasteiger partial charge on any atom is -0.361 e. The number of rotatable bonds is 6. The zero-order chi connectivity index (χ0) is 16.2. The highest BCUT2D eigenvalue weighted by Crippen LogP contribution is 2.35. The minimum absolute atomic E-state index is 0.179. The van der Waals surface area contributed by atoms with Crippen molar-refractivity contribution in [3.63, 3.8) is 0 Å². The average Bonchev–Trinajstić information content (AvgIpc) is 3.00. The third-order valence-corrected chi connectivity index (χ3v) is 4.58. The van der Waals surface area contributed by atoms with Crippen LogP contribution in [0.3, 0.4) is 0 Å². The van der Waals surface area contributed by atoms with Gasteiger partial charge < -0.3 is 11.1 Å². The molecule has 1 atom stereocenters. The van der Waals surface area contributed by atoms with Gasteiger partial charge in [-0.2, -0.15) is 0 Å². The average molecular weight is 334 g/mol. The molecule has 7 heteroatoms. The molecule has 0 saturated carbocycles. The lowest BCUT2D eigenvalue weighted by atomic mass is 10.1. The summed E-state index contributed by atoms with van der Waals surface area (Å²) in [5.74, 6) is 0.423. The van der Waals surface area contributed by atoms with Crippen molar-refractivity contribution in [2.24, 2.45) is 5.73 Å². The van der Waals surface area contributed by atoms with Crippen LogP contribution < -0.4 is 11.1 Å². The summed E-state index contributed by atoms with van der Waals surface area (Å²) < 4.78 is 26.2. The van der Waals surface area contributed by atoms with Crippen LogP contribution in [0.15, 0.2) is 42.7 Å². The fraction of sp³-hybridized carbons (Fsp3) is 0.250. The van der Waals surface area contributed by atoms with E-state index in [4.69, 9.17) is 5.73 Å². The van der Waals surface area contributed by atoms with Gasteiger partial charge in [0.25, 0.3) is 6.43 Å². The largest absolute Gasteiger partial charge is 0.361 e. The maximum Gasteiger partial charge on any atom is 0.258 e. The molecule has 0 saturated heterocycles. The van der Waals surface area contributed by atoms with E-state index in [1.54, 1.807) is 0 Å². The summed E-state index contributed by atoms with van der Waals surface area (Å²) >= 11 is 1.51. The number of nitrogens with zero attached hydrogens (tertiary/aromatic N) is 2. The first-order chi connectivity index (χ1) is 11.2. The standard InChI is InChI=1S/C16H16F2N4S/c17-14(18)12(6-7-19)22-15-11-8-13(10-4-2-1-3-5-10)23-16(11)21-9-20-15/h1-5,8-9,12,14H,6-7,19H2,(H,20,21,22). The summed E-state index contributed by atoms with van der Waals surface area (Å²) in [7, 11) is 0. The molecular formula is C16H16F2N4S. The van der Waals surface area contributed by atoms with Gasteiger partial charge in [-0.15, -0.1) is 11.3 Å². The molecule has 0 bridgehead atoms. The number of hydrogen-bond acceptors (Lipinski definition) is 5. The van der Waals surface area contributed by atoms with E-state index in [0.717, 1.165) is 20.7 Å². The Morgan fingerprint density at radius 1 is 1.17 bits per heavy atom. The van der Waals surface area contributed by atoms with Crippen LogP contribution in [-0.2, 0) is 0 Å². The van der Waals surface area contributed by atoms with E-state index in [1.165, 1.54) is 17.7 Å². The van der Waals surface area contributed by atoms with Gasteiger partial charge in [-0.3, -0.25) is 0 Å². The lowest BCUT2D eigenvalue weighted by Crippen LogP contribution is -2.30. The Morgan fingerprint density at radius 3 is 2.65 bits per heavy atom. The van der Waals surface area contributed by atoms with Crippen molar-refractivity contribution in [3.8, 4) is 10.4 Å². The second-order valence-electron chi connectivity index (χ2n) is 5.08. The fourth-order valence-corrected chi connectivity index (χ4v) is 3.34. The van der Waals surface area contributed by atoms with Gasteiger partial charge in [0.2, 0.25) is 0 Å². The van der Waals surface area contributed by atoms with E-state index in [-0.39, 0.29) is 13.0 Å². The zero-order valence-corrected chi connectivity index (χ0v) is 13.1. The molecule has 23 heavy (non-hydrogen) atoms. The number of aromatic nitrogens is 2. The van der Waals surface area contributed by atoms with Gasteiger partial charge in [-0.25, -0.2) is 18.7 Å². The maximum absolute atomic E-state index is 13.1. The molecule has 1 aromatic carbocycles. The number of anilines is 1. The fourth-order valence-electron chi connectivity index (χ4n) is 2.33. The predicted molar refractivity (Wildman–Crippen MR) is 89.9 cm³/mol. The molecule has 120 valence electrons. The summed E-state index contributed by atoms with van der Waals surface area (Å²) in [5.41, 5.74) is 6.47. The Morgan fingerprint density at radius 2 is 1.96 bits per heavy atom. The lowest BCUT2D eigenvalue weighted by Gasteiger charge is -2.17. The first-order valence-corrected chi connectivity index (χ1v) is 8.05. The van der Waals surface area contributed by atoms with Crippen LogP contribution in [0.25, 0.3) is 20.7 Å². The van der Waals surface area contributed by atoms with Crippen molar-refractivity contribution < 1.29 is 8.78 Å². The van der Waals surface area contributed by atoms with Gasteiger partial charge in [0, 0.05) is 4.88 Å². The minimum atomic E-state index is -2.50. The first-order valence-electron chi connectivity index (χ1n) is 7.23. The van der Waals surface area contributed by atoms with Crippen LogP contribution in [-0.4, -0.2) is 29.0 Å². The lowest BCUT2D eigenvalue weighted by molar-refractivity contribution is 0.121. The van der Waals surface area contributed by atoms with Gasteiger partial charge in [-0.05, 0) is 24.6 Å². The zero-order valence-electron chi connectivity index (χ0n) is 12.2. The highest BCUT2D eigenvalue weighted by atomic mass is 32.1. The van der Waals surface area contributed by atoms with Gasteiger partial charge in [0.1, 0.15) is 17.0 Å². The molecule has 2 aromatic heterocycles. The second-order valence-corrected chi connectivity index (χ2v) is 6.11. The van der Waals surface area contributed by atoms with Gasteiger partial charge in [-0.1, -0.05) is 30.3 Å². The number of thiophene rings is 1. The quantitative estimate of drug-likeness (QED) is 0.720. The van der Waals surface area contributed by atoms with Gasteiger partial charge >= 0.3 is 0 Å². The summed E-state index contributed by atoms with van der Waals surface area (Å²) in [5, 5.41) is 3.56. The van der Waals surface area contributed by atoms with Crippen LogP contribution in [0.2, 0.25) is 0 Å². The van der Waals surface area contributed by atoms with Crippen LogP contribution in [0.5, 0.6) is 0 Å². The smallest absolute Gasteiger partial charge is 0.258 e. The number of fused-ring (bicyclic) bond motifs is 1. The molecule has 0 amide bonds. The molecule has 0 spiro atoms. The van der Waals surface area contributed by atoms with E-state index in [0.29, 0.717) is 5.82 Å². The Bertz CT molecular complexity index is 776. The van der Waals surface area contributed by atoms with Crippen molar-refractivity contribution in [1.29, 1.82) is 0 Å². The monoisotopic (exact) mass is 334 g/mol. The summed E-state index contributed by atoms with van der Waals surface area (Å²) in [6, 6.07) is 10.8. The predicted octanol–water partition coefficient (Wildman–Crippen LogP) is 3.75. The first kappa shape index (κ1) is 15.8. The molecule has 0 aliphatic carbocycles. The molecule has 3 rings (SSSR count). The maximum atomic E-state index is 13.1. The molecule has 0 aliphatic heterocycles. The Labute approximate surface area is 136 Å². The second kappa shape index (κ2) is 6.97. The normalized spacial score (nSPS) is 12.7. The summed E-state index contributed by atoms with van der Waals surface area (Å²) in [6.45, 7) is 0.190. The number of nitrogens with two attached hydrogens (primary N) is 1. The molecular weight excluding hydrogens is 318 g/mol. The van der Waals surface area contributed by atoms with Gasteiger partial charge in [0.15, 0.2) is 0 Å². The topological polar surface area (TPSA) is 63.8 Å². The number of nitrogens with one attached hydrogen (secondary N) is 1. The summed E-state index contributed by atoms with van der Waals surface area (Å²) in [6.07, 6.45) is -0.935. The Hall–Kier alpha value is -2.12. The van der Waals surface area contributed by atoms with E-state index in [1.807, 2.05) is 36.4 Å². The molecule has 2 heterocycles. The van der Waals surface area contributed by atoms with Crippen LogP contribution in [0.4, 0.5) is 14.6 Å². The molecule has 0 fully saturated rings. The molecule has 0 radical (unpaired) electrons. The van der Waals surface area contributed by atoms with Crippen LogP contribution >= 0.6 is 11.3 Å². The van der Waals surface area contributed by atoms with E-state index in [9.17, 15) is 8.78 Å². The Balaban J connectivity index is 1.97. The number of alkyl halides is 2. The van der Waals surface area contributed by atoms with Crippen molar-refractivity contribution in [2.45, 2.75) is 18.9 Å². The number of halogens is 2. The van der Waals surface area contributed by atoms with Crippen molar-refractivity contribution >= 4 is 27.4 Å². The molecule has 0 aliphatic rings. The van der Waals surface area contributed by atoms with Gasteiger partial charge in [0.05, 0.1) is 11.4 Å². The van der Waals surface area contributed by atoms with E-state index < -0.39 is 12.5 Å². The SMILES string of the molecule is NCCC(Nc1ncnc2sc(-c3ccccc3)cc12)C(F)F. The van der Waals surface area contributed by atoms with Crippen molar-refractivity contribution in [2.75, 3.05) is 11.9 Å².